The molecule has 1 rings (SSSR count). The second kappa shape index (κ2) is 5.15. The van der Waals surface area contributed by atoms with Crippen LogP contribution in [0.3, 0.4) is 0 Å². The highest BCUT2D eigenvalue weighted by molar-refractivity contribution is 4.77. The standard InChI is InChI=1S/C11H21N3/c1-11(2,10-12)6-3-4-8-14-9-5-7-13-14/h5,7,9H,3-4,6,8,10,12H2,1-2H3. The van der Waals surface area contributed by atoms with Gasteiger partial charge in [-0.05, 0) is 30.9 Å². The van der Waals surface area contributed by atoms with E-state index < -0.39 is 0 Å². The van der Waals surface area contributed by atoms with E-state index in [1.807, 2.05) is 23.1 Å². The van der Waals surface area contributed by atoms with Crippen molar-refractivity contribution < 1.29 is 0 Å². The van der Waals surface area contributed by atoms with E-state index in [1.165, 1.54) is 19.3 Å². The Hall–Kier alpha value is -0.830. The number of aromatic nitrogens is 2. The van der Waals surface area contributed by atoms with Crippen LogP contribution in [0.1, 0.15) is 33.1 Å². The molecule has 0 fully saturated rings. The van der Waals surface area contributed by atoms with Crippen LogP contribution in [-0.4, -0.2) is 16.3 Å². The molecule has 0 unspecified atom stereocenters. The quantitative estimate of drug-likeness (QED) is 0.706. The molecule has 0 bridgehead atoms. The van der Waals surface area contributed by atoms with Gasteiger partial charge in [0, 0.05) is 18.9 Å². The summed E-state index contributed by atoms with van der Waals surface area (Å²) in [5, 5.41) is 4.16. The van der Waals surface area contributed by atoms with E-state index in [2.05, 4.69) is 18.9 Å². The SMILES string of the molecule is CC(C)(CN)CCCCn1cccn1. The summed E-state index contributed by atoms with van der Waals surface area (Å²) in [6.07, 6.45) is 7.44. The summed E-state index contributed by atoms with van der Waals surface area (Å²) in [4.78, 5) is 0. The van der Waals surface area contributed by atoms with Gasteiger partial charge in [-0.3, -0.25) is 4.68 Å². The van der Waals surface area contributed by atoms with Crippen LogP contribution in [0.5, 0.6) is 0 Å². The van der Waals surface area contributed by atoms with Gasteiger partial charge in [-0.15, -0.1) is 0 Å². The summed E-state index contributed by atoms with van der Waals surface area (Å²) < 4.78 is 1.98. The minimum absolute atomic E-state index is 0.296. The Morgan fingerprint density at radius 1 is 1.36 bits per heavy atom. The van der Waals surface area contributed by atoms with Crippen molar-refractivity contribution in [3.05, 3.63) is 18.5 Å². The highest BCUT2D eigenvalue weighted by Crippen LogP contribution is 2.21. The van der Waals surface area contributed by atoms with Gasteiger partial charge < -0.3 is 5.73 Å². The Morgan fingerprint density at radius 2 is 2.14 bits per heavy atom. The number of hydrogen-bond donors (Lipinski definition) is 1. The Labute approximate surface area is 86.3 Å². The predicted molar refractivity (Wildman–Crippen MR) is 58.9 cm³/mol. The smallest absolute Gasteiger partial charge is 0.0489 e. The highest BCUT2D eigenvalue weighted by atomic mass is 15.3. The molecule has 0 saturated carbocycles. The minimum atomic E-state index is 0.296. The van der Waals surface area contributed by atoms with Crippen LogP contribution < -0.4 is 5.73 Å². The van der Waals surface area contributed by atoms with Crippen LogP contribution in [0.25, 0.3) is 0 Å². The number of unbranched alkanes of at least 4 members (excludes halogenated alkanes) is 1. The third kappa shape index (κ3) is 3.92. The minimum Gasteiger partial charge on any atom is -0.330 e. The molecule has 0 amide bonds. The molecular weight excluding hydrogens is 174 g/mol. The first-order chi connectivity index (χ1) is 6.64. The van der Waals surface area contributed by atoms with Crippen molar-refractivity contribution in [2.24, 2.45) is 11.1 Å². The van der Waals surface area contributed by atoms with Crippen LogP contribution in [0, 0.1) is 5.41 Å². The lowest BCUT2D eigenvalue weighted by molar-refractivity contribution is 0.327. The predicted octanol–water partition coefficient (Wildman–Crippen LogP) is 2.04. The van der Waals surface area contributed by atoms with E-state index >= 15 is 0 Å². The van der Waals surface area contributed by atoms with E-state index in [0.717, 1.165) is 13.1 Å². The van der Waals surface area contributed by atoms with Crippen LogP contribution in [0.4, 0.5) is 0 Å². The van der Waals surface area contributed by atoms with Gasteiger partial charge in [0.05, 0.1) is 0 Å². The maximum Gasteiger partial charge on any atom is 0.0489 e. The van der Waals surface area contributed by atoms with Crippen molar-refractivity contribution in [3.63, 3.8) is 0 Å². The molecule has 3 nitrogen and oxygen atoms in total. The van der Waals surface area contributed by atoms with E-state index in [1.54, 1.807) is 0 Å². The van der Waals surface area contributed by atoms with Crippen molar-refractivity contribution in [2.45, 2.75) is 39.7 Å². The first-order valence-electron chi connectivity index (χ1n) is 5.31. The number of rotatable bonds is 6. The third-order valence-corrected chi connectivity index (χ3v) is 2.60. The molecule has 0 radical (unpaired) electrons. The second-order valence-corrected chi connectivity index (χ2v) is 4.59. The van der Waals surface area contributed by atoms with Crippen molar-refractivity contribution in [2.75, 3.05) is 6.54 Å². The summed E-state index contributed by atoms with van der Waals surface area (Å²) in [6, 6.07) is 1.96. The molecule has 0 aliphatic heterocycles. The summed E-state index contributed by atoms with van der Waals surface area (Å²) in [6.45, 7) is 6.24. The molecule has 3 heteroatoms. The molecule has 0 aliphatic rings. The summed E-state index contributed by atoms with van der Waals surface area (Å²) >= 11 is 0. The van der Waals surface area contributed by atoms with Crippen LogP contribution >= 0.6 is 0 Å². The van der Waals surface area contributed by atoms with E-state index in [-0.39, 0.29) is 0 Å². The zero-order chi connectivity index (χ0) is 10.4. The zero-order valence-electron chi connectivity index (χ0n) is 9.24. The second-order valence-electron chi connectivity index (χ2n) is 4.59. The fraction of sp³-hybridized carbons (Fsp3) is 0.727. The van der Waals surface area contributed by atoms with Crippen molar-refractivity contribution >= 4 is 0 Å². The van der Waals surface area contributed by atoms with E-state index in [0.29, 0.717) is 5.41 Å². The van der Waals surface area contributed by atoms with Crippen molar-refractivity contribution in [1.82, 2.24) is 9.78 Å². The molecule has 0 aliphatic carbocycles. The normalized spacial score (nSPS) is 11.9. The number of aryl methyl sites for hydroxylation is 1. The number of nitrogens with two attached hydrogens (primary N) is 1. The Morgan fingerprint density at radius 3 is 2.71 bits per heavy atom. The molecule has 80 valence electrons. The maximum absolute atomic E-state index is 5.67. The Bertz CT molecular complexity index is 239. The molecule has 1 aromatic rings. The summed E-state index contributed by atoms with van der Waals surface area (Å²) in [5.41, 5.74) is 5.96. The maximum atomic E-state index is 5.67. The fourth-order valence-corrected chi connectivity index (χ4v) is 1.41. The average molecular weight is 195 g/mol. The van der Waals surface area contributed by atoms with Crippen LogP contribution in [-0.2, 0) is 6.54 Å². The van der Waals surface area contributed by atoms with Gasteiger partial charge in [0.15, 0.2) is 0 Å². The lowest BCUT2D eigenvalue weighted by Crippen LogP contribution is -2.23. The van der Waals surface area contributed by atoms with Gasteiger partial charge in [-0.25, -0.2) is 0 Å². The largest absolute Gasteiger partial charge is 0.330 e. The molecule has 14 heavy (non-hydrogen) atoms. The van der Waals surface area contributed by atoms with Gasteiger partial charge in [-0.2, -0.15) is 5.10 Å². The van der Waals surface area contributed by atoms with Gasteiger partial charge in [0.2, 0.25) is 0 Å². The number of nitrogens with zero attached hydrogens (tertiary/aromatic N) is 2. The average Bonchev–Trinajstić information content (AvgIpc) is 2.65. The van der Waals surface area contributed by atoms with E-state index in [4.69, 9.17) is 5.73 Å². The Balaban J connectivity index is 2.11. The van der Waals surface area contributed by atoms with Crippen molar-refractivity contribution in [1.29, 1.82) is 0 Å². The summed E-state index contributed by atoms with van der Waals surface area (Å²) in [5.74, 6) is 0. The Kier molecular flexibility index (Phi) is 4.14. The third-order valence-electron chi connectivity index (χ3n) is 2.60. The first-order valence-corrected chi connectivity index (χ1v) is 5.31. The zero-order valence-corrected chi connectivity index (χ0v) is 9.24. The highest BCUT2D eigenvalue weighted by Gasteiger charge is 2.14. The lowest BCUT2D eigenvalue weighted by atomic mass is 9.87. The van der Waals surface area contributed by atoms with E-state index in [9.17, 15) is 0 Å². The lowest BCUT2D eigenvalue weighted by Gasteiger charge is -2.21. The molecular formula is C11H21N3. The summed E-state index contributed by atoms with van der Waals surface area (Å²) in [7, 11) is 0. The molecule has 0 atom stereocenters. The van der Waals surface area contributed by atoms with Gasteiger partial charge in [0.25, 0.3) is 0 Å². The monoisotopic (exact) mass is 195 g/mol. The first kappa shape index (κ1) is 11.2. The number of hydrogen-bond acceptors (Lipinski definition) is 2. The van der Waals surface area contributed by atoms with Crippen molar-refractivity contribution in [3.8, 4) is 0 Å². The topological polar surface area (TPSA) is 43.8 Å². The molecule has 0 aromatic carbocycles. The van der Waals surface area contributed by atoms with Crippen LogP contribution in [0.15, 0.2) is 18.5 Å². The molecule has 0 saturated heterocycles. The van der Waals surface area contributed by atoms with Gasteiger partial charge in [-0.1, -0.05) is 20.3 Å². The van der Waals surface area contributed by atoms with Gasteiger partial charge >= 0.3 is 0 Å². The molecule has 1 aromatic heterocycles. The molecule has 0 spiro atoms. The van der Waals surface area contributed by atoms with Gasteiger partial charge in [0.1, 0.15) is 0 Å². The van der Waals surface area contributed by atoms with Crippen LogP contribution in [0.2, 0.25) is 0 Å². The fourth-order valence-electron chi connectivity index (χ4n) is 1.41. The molecule has 2 N–H and O–H groups in total. The molecule has 1 heterocycles.